The van der Waals surface area contributed by atoms with Crippen LogP contribution in [0, 0.1) is 5.41 Å². The monoisotopic (exact) mass is 327 g/mol. The number of halogens is 2. The third-order valence-electron chi connectivity index (χ3n) is 4.37. The Morgan fingerprint density at radius 3 is 2.78 bits per heavy atom. The van der Waals surface area contributed by atoms with E-state index in [0.717, 1.165) is 19.5 Å². The Labute approximate surface area is 134 Å². The second-order valence-corrected chi connectivity index (χ2v) is 6.28. The van der Waals surface area contributed by atoms with Crippen molar-refractivity contribution < 1.29 is 18.3 Å². The van der Waals surface area contributed by atoms with Crippen molar-refractivity contribution in [2.75, 3.05) is 25.0 Å². The van der Waals surface area contributed by atoms with E-state index in [1.807, 2.05) is 0 Å². The predicted molar refractivity (Wildman–Crippen MR) is 84.5 cm³/mol. The number of hydrogen-bond donors (Lipinski definition) is 2. The van der Waals surface area contributed by atoms with Crippen LogP contribution in [0.15, 0.2) is 24.3 Å². The quantitative estimate of drug-likeness (QED) is 0.841. The minimum atomic E-state index is -2.94. The smallest absolute Gasteiger partial charge is 0.387 e. The van der Waals surface area contributed by atoms with Crippen molar-refractivity contribution in [1.29, 1.82) is 0 Å². The zero-order valence-corrected chi connectivity index (χ0v) is 13.4. The summed E-state index contributed by atoms with van der Waals surface area (Å²) in [7, 11) is 0. The molecule has 1 heterocycles. The number of nitrogens with one attached hydrogen (secondary N) is 1. The fourth-order valence-corrected chi connectivity index (χ4v) is 2.73. The molecule has 1 saturated heterocycles. The average molecular weight is 327 g/mol. The Bertz CT molecular complexity index is 556. The zero-order chi connectivity index (χ0) is 17.0. The summed E-state index contributed by atoms with van der Waals surface area (Å²) in [6.45, 7) is 3.07. The molecule has 2 rings (SSSR count). The van der Waals surface area contributed by atoms with Crippen LogP contribution in [0.25, 0.3) is 0 Å². The van der Waals surface area contributed by atoms with Gasteiger partial charge in [-0.25, -0.2) is 0 Å². The van der Waals surface area contributed by atoms with E-state index < -0.39 is 6.61 Å². The van der Waals surface area contributed by atoms with E-state index in [-0.39, 0.29) is 28.8 Å². The van der Waals surface area contributed by atoms with Crippen LogP contribution in [0.4, 0.5) is 14.5 Å². The normalized spacial score (nSPS) is 23.0. The number of carbonyl (C=O) groups excluding carboxylic acids is 1. The number of hydrogen-bond acceptors (Lipinski definition) is 4. The maximum absolute atomic E-state index is 12.4. The Morgan fingerprint density at radius 1 is 1.48 bits per heavy atom. The van der Waals surface area contributed by atoms with Gasteiger partial charge in [0.15, 0.2) is 0 Å². The molecule has 1 amide bonds. The number of ether oxygens (including phenoxy) is 1. The van der Waals surface area contributed by atoms with Gasteiger partial charge in [-0.3, -0.25) is 9.69 Å². The molecule has 2 unspecified atom stereocenters. The number of nitrogens with zero attached hydrogens (tertiary/aromatic N) is 1. The van der Waals surface area contributed by atoms with E-state index in [4.69, 9.17) is 5.73 Å². The van der Waals surface area contributed by atoms with E-state index in [0.29, 0.717) is 6.54 Å². The van der Waals surface area contributed by atoms with Gasteiger partial charge < -0.3 is 15.8 Å². The van der Waals surface area contributed by atoms with E-state index >= 15 is 0 Å². The Balaban J connectivity index is 2.02. The first-order chi connectivity index (χ1) is 10.8. The SMILES string of the molecule is CC(C(=O)Nc1ccccc1OC(F)F)N1CCC(C)(CN)C1. The van der Waals surface area contributed by atoms with Gasteiger partial charge in [0.05, 0.1) is 11.7 Å². The lowest BCUT2D eigenvalue weighted by Crippen LogP contribution is -2.42. The van der Waals surface area contributed by atoms with Crippen LogP contribution >= 0.6 is 0 Å². The molecule has 128 valence electrons. The number of nitrogens with two attached hydrogens (primary N) is 1. The molecule has 0 radical (unpaired) electrons. The molecular formula is C16H23F2N3O2. The maximum Gasteiger partial charge on any atom is 0.387 e. The van der Waals surface area contributed by atoms with Gasteiger partial charge in [0, 0.05) is 6.54 Å². The minimum absolute atomic E-state index is 0.0191. The molecule has 3 N–H and O–H groups in total. The van der Waals surface area contributed by atoms with Crippen LogP contribution in [0.2, 0.25) is 0 Å². The highest BCUT2D eigenvalue weighted by Crippen LogP contribution is 2.30. The molecule has 1 aliphatic rings. The minimum Gasteiger partial charge on any atom is -0.433 e. The van der Waals surface area contributed by atoms with Gasteiger partial charge in [0.25, 0.3) is 0 Å². The van der Waals surface area contributed by atoms with Gasteiger partial charge in [-0.2, -0.15) is 8.78 Å². The van der Waals surface area contributed by atoms with Crippen LogP contribution < -0.4 is 15.8 Å². The van der Waals surface area contributed by atoms with E-state index in [2.05, 4.69) is 21.9 Å². The first-order valence-corrected chi connectivity index (χ1v) is 7.63. The summed E-state index contributed by atoms with van der Waals surface area (Å²) in [5.74, 6) is -0.298. The van der Waals surface area contributed by atoms with Gasteiger partial charge >= 0.3 is 6.61 Å². The third-order valence-corrected chi connectivity index (χ3v) is 4.37. The first-order valence-electron chi connectivity index (χ1n) is 7.63. The largest absolute Gasteiger partial charge is 0.433 e. The molecule has 0 aliphatic carbocycles. The molecule has 5 nitrogen and oxygen atoms in total. The fourth-order valence-electron chi connectivity index (χ4n) is 2.73. The van der Waals surface area contributed by atoms with E-state index in [1.54, 1.807) is 19.1 Å². The summed E-state index contributed by atoms with van der Waals surface area (Å²) in [6, 6.07) is 5.79. The van der Waals surface area contributed by atoms with Crippen molar-refractivity contribution in [3.05, 3.63) is 24.3 Å². The molecule has 0 saturated carbocycles. The number of benzene rings is 1. The lowest BCUT2D eigenvalue weighted by molar-refractivity contribution is -0.120. The van der Waals surface area contributed by atoms with Crippen molar-refractivity contribution in [2.24, 2.45) is 11.1 Å². The summed E-state index contributed by atoms with van der Waals surface area (Å²) in [5, 5.41) is 2.67. The summed E-state index contributed by atoms with van der Waals surface area (Å²) in [6.07, 6.45) is 0.937. The summed E-state index contributed by atoms with van der Waals surface area (Å²) >= 11 is 0. The number of alkyl halides is 2. The topological polar surface area (TPSA) is 67.6 Å². The van der Waals surface area contributed by atoms with Crippen molar-refractivity contribution in [2.45, 2.75) is 32.9 Å². The summed E-state index contributed by atoms with van der Waals surface area (Å²) in [5.41, 5.74) is 6.04. The molecule has 1 aliphatic heterocycles. The molecule has 1 fully saturated rings. The van der Waals surface area contributed by atoms with Gasteiger partial charge in [-0.15, -0.1) is 0 Å². The second kappa shape index (κ2) is 7.23. The first kappa shape index (κ1) is 17.6. The molecule has 0 aromatic heterocycles. The van der Waals surface area contributed by atoms with Crippen LogP contribution in [0.1, 0.15) is 20.3 Å². The molecule has 7 heteroatoms. The van der Waals surface area contributed by atoms with Crippen molar-refractivity contribution in [1.82, 2.24) is 4.90 Å². The van der Waals surface area contributed by atoms with Crippen molar-refractivity contribution >= 4 is 11.6 Å². The number of likely N-dealkylation sites (tertiary alicyclic amines) is 1. The third kappa shape index (κ3) is 4.39. The average Bonchev–Trinajstić information content (AvgIpc) is 2.91. The standard InChI is InChI=1S/C16H23F2N3O2/c1-11(21-8-7-16(2,9-19)10-21)14(22)20-12-5-3-4-6-13(12)23-15(17)18/h3-6,11,15H,7-10,19H2,1-2H3,(H,20,22). The summed E-state index contributed by atoms with van der Waals surface area (Å²) in [4.78, 5) is 14.5. The van der Waals surface area contributed by atoms with Crippen LogP contribution in [0.3, 0.4) is 0 Å². The Kier molecular flexibility index (Phi) is 5.54. The lowest BCUT2D eigenvalue weighted by atomic mass is 9.90. The van der Waals surface area contributed by atoms with Crippen LogP contribution in [0.5, 0.6) is 5.75 Å². The van der Waals surface area contributed by atoms with Crippen LogP contribution in [-0.2, 0) is 4.79 Å². The van der Waals surface area contributed by atoms with Gasteiger partial charge in [0.2, 0.25) is 5.91 Å². The molecule has 1 aromatic carbocycles. The number of anilines is 1. The maximum atomic E-state index is 12.4. The number of para-hydroxylation sites is 2. The number of rotatable bonds is 6. The van der Waals surface area contributed by atoms with Gasteiger partial charge in [0.1, 0.15) is 5.75 Å². The number of carbonyl (C=O) groups is 1. The Morgan fingerprint density at radius 2 is 2.17 bits per heavy atom. The molecule has 23 heavy (non-hydrogen) atoms. The highest BCUT2D eigenvalue weighted by atomic mass is 19.3. The highest BCUT2D eigenvalue weighted by Gasteiger charge is 2.36. The highest BCUT2D eigenvalue weighted by molar-refractivity contribution is 5.95. The molecule has 1 aromatic rings. The molecule has 0 spiro atoms. The van der Waals surface area contributed by atoms with Crippen molar-refractivity contribution in [3.63, 3.8) is 0 Å². The Hall–Kier alpha value is -1.73. The lowest BCUT2D eigenvalue weighted by Gasteiger charge is -2.26. The van der Waals surface area contributed by atoms with Gasteiger partial charge in [-0.05, 0) is 44.0 Å². The van der Waals surface area contributed by atoms with E-state index in [1.165, 1.54) is 12.1 Å². The zero-order valence-electron chi connectivity index (χ0n) is 13.4. The van der Waals surface area contributed by atoms with Gasteiger partial charge in [-0.1, -0.05) is 19.1 Å². The fraction of sp³-hybridized carbons (Fsp3) is 0.562. The molecule has 2 atom stereocenters. The summed E-state index contributed by atoms with van der Waals surface area (Å²) < 4.78 is 29.2. The van der Waals surface area contributed by atoms with E-state index in [9.17, 15) is 13.6 Å². The molecule has 0 bridgehead atoms. The predicted octanol–water partition coefficient (Wildman–Crippen LogP) is 2.29. The van der Waals surface area contributed by atoms with Crippen molar-refractivity contribution in [3.8, 4) is 5.75 Å². The van der Waals surface area contributed by atoms with Crippen LogP contribution in [-0.4, -0.2) is 43.1 Å². The molecular weight excluding hydrogens is 304 g/mol. The second-order valence-electron chi connectivity index (χ2n) is 6.28. The number of amides is 1.